The van der Waals surface area contributed by atoms with Crippen LogP contribution in [0.1, 0.15) is 25.8 Å². The number of anilines is 1. The Hall–Kier alpha value is -1.02. The van der Waals surface area contributed by atoms with Gasteiger partial charge in [0, 0.05) is 11.3 Å². The molecule has 0 radical (unpaired) electrons. The van der Waals surface area contributed by atoms with Gasteiger partial charge in [0.15, 0.2) is 0 Å². The molecule has 1 atom stereocenters. The van der Waals surface area contributed by atoms with Gasteiger partial charge in [0.1, 0.15) is 0 Å². The predicted molar refractivity (Wildman–Crippen MR) is 50.7 cm³/mol. The largest absolute Gasteiger partial charge is 0.398 e. The molecule has 0 aromatic heterocycles. The summed E-state index contributed by atoms with van der Waals surface area (Å²) in [6.45, 7) is 3.71. The molecular formula is C10H15NO. The number of para-hydroxylation sites is 1. The van der Waals surface area contributed by atoms with Crippen molar-refractivity contribution in [1.82, 2.24) is 0 Å². The van der Waals surface area contributed by atoms with Crippen LogP contribution in [0.15, 0.2) is 24.3 Å². The Labute approximate surface area is 73.0 Å². The zero-order valence-corrected chi connectivity index (χ0v) is 7.54. The monoisotopic (exact) mass is 165 g/mol. The molecule has 12 heavy (non-hydrogen) atoms. The summed E-state index contributed by atoms with van der Waals surface area (Å²) >= 11 is 0. The number of nitrogen functional groups attached to an aromatic ring is 1. The minimum absolute atomic E-state index is 0.657. The smallest absolute Gasteiger partial charge is 0.0885 e. The van der Waals surface area contributed by atoms with Gasteiger partial charge in [0.25, 0.3) is 0 Å². The maximum atomic E-state index is 9.90. The van der Waals surface area contributed by atoms with Gasteiger partial charge in [-0.2, -0.15) is 0 Å². The lowest BCUT2D eigenvalue weighted by molar-refractivity contribution is 0.0539. The standard InChI is InChI=1S/C10H15NO/c1-3-10(2,12)8-6-4-5-7-9(8)11/h4-7,12H,3,11H2,1-2H3/t10-/m1/s1. The highest BCUT2D eigenvalue weighted by molar-refractivity contribution is 5.49. The molecule has 0 saturated carbocycles. The second kappa shape index (κ2) is 3.15. The lowest BCUT2D eigenvalue weighted by Crippen LogP contribution is -2.21. The number of nitrogens with two attached hydrogens (primary N) is 1. The Bertz CT molecular complexity index is 268. The molecule has 1 rings (SSSR count). The van der Waals surface area contributed by atoms with Crippen LogP contribution >= 0.6 is 0 Å². The summed E-state index contributed by atoms with van der Waals surface area (Å²) in [7, 11) is 0. The fourth-order valence-electron chi connectivity index (χ4n) is 1.18. The molecule has 0 unspecified atom stereocenters. The van der Waals surface area contributed by atoms with E-state index < -0.39 is 5.60 Å². The van der Waals surface area contributed by atoms with Crippen LogP contribution in [-0.2, 0) is 5.60 Å². The average molecular weight is 165 g/mol. The summed E-state index contributed by atoms with van der Waals surface area (Å²) in [6, 6.07) is 7.42. The molecule has 0 spiro atoms. The minimum Gasteiger partial charge on any atom is -0.398 e. The SMILES string of the molecule is CC[C@@](C)(O)c1ccccc1N. The van der Waals surface area contributed by atoms with Crippen molar-refractivity contribution < 1.29 is 5.11 Å². The van der Waals surface area contributed by atoms with Gasteiger partial charge in [-0.15, -0.1) is 0 Å². The molecule has 0 amide bonds. The van der Waals surface area contributed by atoms with Gasteiger partial charge in [-0.25, -0.2) is 0 Å². The molecule has 2 nitrogen and oxygen atoms in total. The van der Waals surface area contributed by atoms with Crippen LogP contribution in [0.25, 0.3) is 0 Å². The Balaban J connectivity index is 3.10. The van der Waals surface area contributed by atoms with Crippen LogP contribution in [0.5, 0.6) is 0 Å². The van der Waals surface area contributed by atoms with Crippen LogP contribution in [0.4, 0.5) is 5.69 Å². The van der Waals surface area contributed by atoms with Crippen molar-refractivity contribution in [3.05, 3.63) is 29.8 Å². The number of benzene rings is 1. The summed E-state index contributed by atoms with van der Waals surface area (Å²) < 4.78 is 0. The van der Waals surface area contributed by atoms with Gasteiger partial charge in [-0.3, -0.25) is 0 Å². The first-order valence-electron chi connectivity index (χ1n) is 4.15. The molecule has 1 aromatic rings. The van der Waals surface area contributed by atoms with E-state index in [2.05, 4.69) is 0 Å². The van der Waals surface area contributed by atoms with Crippen LogP contribution in [0, 0.1) is 0 Å². The Morgan fingerprint density at radius 2 is 2.00 bits per heavy atom. The fourth-order valence-corrected chi connectivity index (χ4v) is 1.18. The summed E-state index contributed by atoms with van der Waals surface area (Å²) in [5.41, 5.74) is 6.39. The maximum absolute atomic E-state index is 9.90. The normalized spacial score (nSPS) is 15.6. The highest BCUT2D eigenvalue weighted by Gasteiger charge is 2.21. The zero-order valence-electron chi connectivity index (χ0n) is 7.54. The third-order valence-corrected chi connectivity index (χ3v) is 2.23. The lowest BCUT2D eigenvalue weighted by Gasteiger charge is -2.23. The molecule has 0 aliphatic rings. The second-order valence-electron chi connectivity index (χ2n) is 3.21. The van der Waals surface area contributed by atoms with E-state index in [0.717, 1.165) is 5.56 Å². The summed E-state index contributed by atoms with van der Waals surface area (Å²) in [4.78, 5) is 0. The molecule has 0 aliphatic carbocycles. The van der Waals surface area contributed by atoms with Crippen molar-refractivity contribution in [3.8, 4) is 0 Å². The Morgan fingerprint density at radius 1 is 1.42 bits per heavy atom. The van der Waals surface area contributed by atoms with Crippen LogP contribution in [0.2, 0.25) is 0 Å². The third-order valence-electron chi connectivity index (χ3n) is 2.23. The van der Waals surface area contributed by atoms with E-state index in [0.29, 0.717) is 12.1 Å². The molecule has 0 heterocycles. The van der Waals surface area contributed by atoms with Crippen LogP contribution in [-0.4, -0.2) is 5.11 Å². The molecule has 0 bridgehead atoms. The molecule has 1 aromatic carbocycles. The molecule has 0 aliphatic heterocycles. The third kappa shape index (κ3) is 1.59. The quantitative estimate of drug-likeness (QED) is 0.657. The van der Waals surface area contributed by atoms with Crippen LogP contribution < -0.4 is 5.73 Å². The predicted octanol–water partition coefficient (Wildman–Crippen LogP) is 1.89. The first-order chi connectivity index (χ1) is 5.58. The molecule has 2 heteroatoms. The first kappa shape index (κ1) is 9.07. The van der Waals surface area contributed by atoms with Crippen molar-refractivity contribution in [3.63, 3.8) is 0 Å². The molecule has 3 N–H and O–H groups in total. The van der Waals surface area contributed by atoms with E-state index in [1.807, 2.05) is 25.1 Å². The second-order valence-corrected chi connectivity index (χ2v) is 3.21. The number of rotatable bonds is 2. The van der Waals surface area contributed by atoms with Crippen molar-refractivity contribution in [2.45, 2.75) is 25.9 Å². The highest BCUT2D eigenvalue weighted by atomic mass is 16.3. The van der Waals surface area contributed by atoms with Gasteiger partial charge in [-0.1, -0.05) is 25.1 Å². The molecular weight excluding hydrogens is 150 g/mol. The molecule has 0 saturated heterocycles. The van der Waals surface area contributed by atoms with E-state index in [4.69, 9.17) is 5.73 Å². The van der Waals surface area contributed by atoms with E-state index in [1.165, 1.54) is 0 Å². The molecule has 66 valence electrons. The van der Waals surface area contributed by atoms with Gasteiger partial charge in [-0.05, 0) is 19.4 Å². The highest BCUT2D eigenvalue weighted by Crippen LogP contribution is 2.28. The molecule has 0 fully saturated rings. The van der Waals surface area contributed by atoms with Crippen molar-refractivity contribution in [1.29, 1.82) is 0 Å². The topological polar surface area (TPSA) is 46.2 Å². The van der Waals surface area contributed by atoms with E-state index in [-0.39, 0.29) is 0 Å². The van der Waals surface area contributed by atoms with Crippen molar-refractivity contribution in [2.75, 3.05) is 5.73 Å². The van der Waals surface area contributed by atoms with E-state index >= 15 is 0 Å². The lowest BCUT2D eigenvalue weighted by atomic mass is 9.92. The van der Waals surface area contributed by atoms with E-state index in [9.17, 15) is 5.11 Å². The summed E-state index contributed by atoms with van der Waals surface area (Å²) in [6.07, 6.45) is 0.668. The van der Waals surface area contributed by atoms with Crippen molar-refractivity contribution in [2.24, 2.45) is 0 Å². The fraction of sp³-hybridized carbons (Fsp3) is 0.400. The van der Waals surface area contributed by atoms with Crippen molar-refractivity contribution >= 4 is 5.69 Å². The summed E-state index contributed by atoms with van der Waals surface area (Å²) in [5, 5.41) is 9.90. The number of hydrogen-bond acceptors (Lipinski definition) is 2. The summed E-state index contributed by atoms with van der Waals surface area (Å²) in [5.74, 6) is 0. The first-order valence-corrected chi connectivity index (χ1v) is 4.15. The van der Waals surface area contributed by atoms with Gasteiger partial charge >= 0.3 is 0 Å². The van der Waals surface area contributed by atoms with Gasteiger partial charge in [0.05, 0.1) is 5.60 Å². The average Bonchev–Trinajstić information content (AvgIpc) is 2.05. The number of aliphatic hydroxyl groups is 1. The van der Waals surface area contributed by atoms with Gasteiger partial charge in [0.2, 0.25) is 0 Å². The number of hydrogen-bond donors (Lipinski definition) is 2. The van der Waals surface area contributed by atoms with Gasteiger partial charge < -0.3 is 10.8 Å². The Kier molecular flexibility index (Phi) is 2.38. The van der Waals surface area contributed by atoms with Crippen LogP contribution in [0.3, 0.4) is 0 Å². The maximum Gasteiger partial charge on any atom is 0.0885 e. The Morgan fingerprint density at radius 3 is 2.50 bits per heavy atom. The van der Waals surface area contributed by atoms with E-state index in [1.54, 1.807) is 13.0 Å². The minimum atomic E-state index is -0.800. The zero-order chi connectivity index (χ0) is 9.19.